The van der Waals surface area contributed by atoms with Crippen LogP contribution >= 0.6 is 0 Å². The van der Waals surface area contributed by atoms with E-state index in [1.165, 1.54) is 12.0 Å². The maximum absolute atomic E-state index is 12.7. The van der Waals surface area contributed by atoms with Crippen LogP contribution in [-0.4, -0.2) is 53.3 Å². The number of hydrogen-bond donors (Lipinski definition) is 2. The number of benzene rings is 1. The minimum Gasteiger partial charge on any atom is -0.508 e. The van der Waals surface area contributed by atoms with E-state index in [2.05, 4.69) is 11.9 Å². The molecule has 1 aromatic rings. The number of methoxy groups -OCH3 is 1. The third kappa shape index (κ3) is 8.55. The summed E-state index contributed by atoms with van der Waals surface area (Å²) in [6.45, 7) is 11.1. The molecule has 0 radical (unpaired) electrons. The molecule has 2 amide bonds. The Hall–Kier alpha value is -3.03. The first-order valence-corrected chi connectivity index (χ1v) is 9.71. The number of alkyl carbamates (subject to hydrolysis) is 1. The number of carbonyl (C=O) groups is 3. The van der Waals surface area contributed by atoms with Crippen LogP contribution in [0.2, 0.25) is 0 Å². The predicted octanol–water partition coefficient (Wildman–Crippen LogP) is 3.06. The molecule has 0 spiro atoms. The molecule has 0 aliphatic rings. The normalized spacial score (nSPS) is 11.9. The Morgan fingerprint density at radius 2 is 1.97 bits per heavy atom. The second-order valence-corrected chi connectivity index (χ2v) is 7.96. The molecule has 0 bridgehead atoms. The molecule has 0 aromatic heterocycles. The monoisotopic (exact) mass is 420 g/mol. The van der Waals surface area contributed by atoms with Crippen molar-refractivity contribution in [3.8, 4) is 5.75 Å². The molecule has 2 N–H and O–H groups in total. The maximum Gasteiger partial charge on any atom is 0.408 e. The van der Waals surface area contributed by atoms with Gasteiger partial charge in [-0.15, -0.1) is 6.58 Å². The molecule has 1 rings (SSSR count). The van der Waals surface area contributed by atoms with Gasteiger partial charge >= 0.3 is 12.1 Å². The molecule has 0 aliphatic heterocycles. The first kappa shape index (κ1) is 25.0. The van der Waals surface area contributed by atoms with Crippen molar-refractivity contribution in [1.82, 2.24) is 10.2 Å². The van der Waals surface area contributed by atoms with Crippen LogP contribution in [0.3, 0.4) is 0 Å². The molecule has 1 atom stereocenters. The van der Waals surface area contributed by atoms with E-state index in [4.69, 9.17) is 9.47 Å². The van der Waals surface area contributed by atoms with Crippen molar-refractivity contribution >= 4 is 18.0 Å². The van der Waals surface area contributed by atoms with E-state index in [-0.39, 0.29) is 37.6 Å². The van der Waals surface area contributed by atoms with Crippen molar-refractivity contribution < 1.29 is 29.0 Å². The molecule has 0 fully saturated rings. The van der Waals surface area contributed by atoms with Gasteiger partial charge in [0.15, 0.2) is 0 Å². The number of amides is 2. The Kier molecular flexibility index (Phi) is 9.36. The van der Waals surface area contributed by atoms with Crippen LogP contribution in [-0.2, 0) is 25.6 Å². The summed E-state index contributed by atoms with van der Waals surface area (Å²) in [7, 11) is 1.21. The maximum atomic E-state index is 12.7. The SMILES string of the molecule is C=CCN(Cc1ccc(C)cc1O)C(=O)CC[C@H](NC(=O)OC(C)(C)C)C(=O)OC. The van der Waals surface area contributed by atoms with Crippen molar-refractivity contribution in [2.24, 2.45) is 0 Å². The van der Waals surface area contributed by atoms with E-state index in [9.17, 15) is 19.5 Å². The summed E-state index contributed by atoms with van der Waals surface area (Å²) in [6.07, 6.45) is 0.839. The first-order chi connectivity index (χ1) is 14.0. The third-order valence-corrected chi connectivity index (χ3v) is 4.13. The zero-order valence-corrected chi connectivity index (χ0v) is 18.4. The predicted molar refractivity (Wildman–Crippen MR) is 113 cm³/mol. The molecule has 8 heteroatoms. The number of aryl methyl sites for hydroxylation is 1. The van der Waals surface area contributed by atoms with E-state index < -0.39 is 23.7 Å². The zero-order chi connectivity index (χ0) is 22.9. The highest BCUT2D eigenvalue weighted by Gasteiger charge is 2.26. The van der Waals surface area contributed by atoms with Crippen molar-refractivity contribution in [1.29, 1.82) is 0 Å². The van der Waals surface area contributed by atoms with E-state index in [0.717, 1.165) is 5.56 Å². The molecule has 0 unspecified atom stereocenters. The Morgan fingerprint density at radius 3 is 2.50 bits per heavy atom. The second kappa shape index (κ2) is 11.2. The standard InChI is InChI=1S/C22H32N2O6/c1-7-12-24(14-16-9-8-15(2)13-18(16)25)19(26)11-10-17(20(27)29-6)23-21(28)30-22(3,4)5/h7-9,13,17,25H,1,10-12,14H2,2-6H3,(H,23,28)/t17-/m0/s1. The van der Waals surface area contributed by atoms with Crippen LogP contribution in [0.1, 0.15) is 44.7 Å². The number of carbonyl (C=O) groups excluding carboxylic acids is 3. The number of hydrogen-bond acceptors (Lipinski definition) is 6. The van der Waals surface area contributed by atoms with E-state index >= 15 is 0 Å². The zero-order valence-electron chi connectivity index (χ0n) is 18.4. The van der Waals surface area contributed by atoms with Crippen LogP contribution in [0.15, 0.2) is 30.9 Å². The van der Waals surface area contributed by atoms with Crippen LogP contribution in [0.5, 0.6) is 5.75 Å². The minimum atomic E-state index is -1.02. The Balaban J connectivity index is 2.81. The molecule has 8 nitrogen and oxygen atoms in total. The Morgan fingerprint density at radius 1 is 1.30 bits per heavy atom. The average Bonchev–Trinajstić information content (AvgIpc) is 2.64. The van der Waals surface area contributed by atoms with Crippen LogP contribution < -0.4 is 5.32 Å². The molecule has 30 heavy (non-hydrogen) atoms. The van der Waals surface area contributed by atoms with Gasteiger partial charge in [-0.05, 0) is 45.7 Å². The Bertz CT molecular complexity index is 769. The quantitative estimate of drug-likeness (QED) is 0.470. The largest absolute Gasteiger partial charge is 0.508 e. The van der Waals surface area contributed by atoms with Gasteiger partial charge in [0.1, 0.15) is 17.4 Å². The molecule has 166 valence electrons. The fourth-order valence-electron chi connectivity index (χ4n) is 2.69. The van der Waals surface area contributed by atoms with Crippen LogP contribution in [0.25, 0.3) is 0 Å². The minimum absolute atomic E-state index is 0.0178. The summed E-state index contributed by atoms with van der Waals surface area (Å²) in [5, 5.41) is 12.6. The lowest BCUT2D eigenvalue weighted by molar-refractivity contribution is -0.143. The third-order valence-electron chi connectivity index (χ3n) is 4.13. The van der Waals surface area contributed by atoms with Gasteiger partial charge in [0, 0.05) is 25.1 Å². The van der Waals surface area contributed by atoms with Crippen LogP contribution in [0, 0.1) is 6.92 Å². The van der Waals surface area contributed by atoms with Crippen molar-refractivity contribution in [2.75, 3.05) is 13.7 Å². The molecule has 0 saturated heterocycles. The van der Waals surface area contributed by atoms with E-state index in [1.807, 2.05) is 13.0 Å². The lowest BCUT2D eigenvalue weighted by Gasteiger charge is -2.24. The van der Waals surface area contributed by atoms with Gasteiger partial charge in [-0.25, -0.2) is 9.59 Å². The summed E-state index contributed by atoms with van der Waals surface area (Å²) >= 11 is 0. The molecule has 0 saturated carbocycles. The Labute approximate surface area is 177 Å². The van der Waals surface area contributed by atoms with Crippen molar-refractivity contribution in [3.05, 3.63) is 42.0 Å². The van der Waals surface area contributed by atoms with Crippen molar-refractivity contribution in [3.63, 3.8) is 0 Å². The molecule has 0 heterocycles. The van der Waals surface area contributed by atoms with E-state index in [1.54, 1.807) is 39.0 Å². The highest BCUT2D eigenvalue weighted by atomic mass is 16.6. The number of phenols is 1. The summed E-state index contributed by atoms with van der Waals surface area (Å²) < 4.78 is 9.89. The summed E-state index contributed by atoms with van der Waals surface area (Å²) in [6, 6.07) is 4.22. The average molecular weight is 421 g/mol. The lowest BCUT2D eigenvalue weighted by Crippen LogP contribution is -2.44. The fraction of sp³-hybridized carbons (Fsp3) is 0.500. The number of ether oxygens (including phenoxy) is 2. The highest BCUT2D eigenvalue weighted by Crippen LogP contribution is 2.21. The van der Waals surface area contributed by atoms with Gasteiger partial charge in [0.2, 0.25) is 5.91 Å². The van der Waals surface area contributed by atoms with Gasteiger partial charge in [0.25, 0.3) is 0 Å². The molecule has 0 aliphatic carbocycles. The molecular formula is C22H32N2O6. The van der Waals surface area contributed by atoms with Gasteiger partial charge in [0.05, 0.1) is 7.11 Å². The number of nitrogens with one attached hydrogen (secondary N) is 1. The fourth-order valence-corrected chi connectivity index (χ4v) is 2.69. The topological polar surface area (TPSA) is 105 Å². The number of esters is 1. The highest BCUT2D eigenvalue weighted by molar-refractivity contribution is 5.83. The van der Waals surface area contributed by atoms with Crippen LogP contribution in [0.4, 0.5) is 4.79 Å². The molecular weight excluding hydrogens is 388 g/mol. The van der Waals surface area contributed by atoms with Gasteiger partial charge in [-0.3, -0.25) is 4.79 Å². The van der Waals surface area contributed by atoms with Gasteiger partial charge < -0.3 is 24.8 Å². The van der Waals surface area contributed by atoms with Crippen molar-refractivity contribution in [2.45, 2.75) is 58.7 Å². The smallest absolute Gasteiger partial charge is 0.408 e. The second-order valence-electron chi connectivity index (χ2n) is 7.96. The van der Waals surface area contributed by atoms with Gasteiger partial charge in [-0.1, -0.05) is 18.2 Å². The number of rotatable bonds is 9. The number of nitrogens with zero attached hydrogens (tertiary/aromatic N) is 1. The summed E-state index contributed by atoms with van der Waals surface area (Å²) in [5.74, 6) is -0.814. The summed E-state index contributed by atoms with van der Waals surface area (Å²) in [5.41, 5.74) is 0.788. The molecule has 1 aromatic carbocycles. The lowest BCUT2D eigenvalue weighted by atomic mass is 10.1. The summed E-state index contributed by atoms with van der Waals surface area (Å²) in [4.78, 5) is 38.3. The van der Waals surface area contributed by atoms with E-state index in [0.29, 0.717) is 5.56 Å². The van der Waals surface area contributed by atoms with Gasteiger partial charge in [-0.2, -0.15) is 0 Å². The first-order valence-electron chi connectivity index (χ1n) is 9.71. The number of aromatic hydroxyl groups is 1. The number of phenolic OH excluding ortho intramolecular Hbond substituents is 1.